The summed E-state index contributed by atoms with van der Waals surface area (Å²) in [5.41, 5.74) is 1.55. The van der Waals surface area contributed by atoms with Crippen LogP contribution in [0.25, 0.3) is 11.0 Å². The first-order valence-corrected chi connectivity index (χ1v) is 7.01. The van der Waals surface area contributed by atoms with Crippen LogP contribution in [-0.2, 0) is 4.79 Å². The maximum Gasteiger partial charge on any atom is 0.344 e. The van der Waals surface area contributed by atoms with Crippen LogP contribution in [0.2, 0.25) is 0 Å². The van der Waals surface area contributed by atoms with Gasteiger partial charge in [-0.2, -0.15) is 0 Å². The number of carboxylic acid groups (broad SMARTS) is 1. The number of benzene rings is 2. The van der Waals surface area contributed by atoms with Gasteiger partial charge in [-0.1, -0.05) is 12.1 Å². The molecule has 0 saturated carbocycles. The topological polar surface area (TPSA) is 81.5 Å². The van der Waals surface area contributed by atoms with Crippen LogP contribution >= 0.6 is 0 Å². The lowest BCUT2D eigenvalue weighted by atomic mass is 10.3. The average molecular weight is 310 g/mol. The molecule has 1 N–H and O–H groups in total. The van der Waals surface area contributed by atoms with Crippen LogP contribution in [0, 0.1) is 0 Å². The molecular weight excluding hydrogens is 296 g/mol. The van der Waals surface area contributed by atoms with Crippen LogP contribution in [-0.4, -0.2) is 27.1 Å². The summed E-state index contributed by atoms with van der Waals surface area (Å²) in [6.45, 7) is 1.47. The van der Waals surface area contributed by atoms with E-state index in [2.05, 4.69) is 9.97 Å². The Bertz CT molecular complexity index is 833. The van der Waals surface area contributed by atoms with Crippen molar-refractivity contribution in [1.82, 2.24) is 9.97 Å². The first-order chi connectivity index (χ1) is 11.1. The highest BCUT2D eigenvalue weighted by Gasteiger charge is 2.12. The lowest BCUT2D eigenvalue weighted by molar-refractivity contribution is -0.144. The molecule has 0 fully saturated rings. The molecule has 0 amide bonds. The molecule has 1 heterocycles. The van der Waals surface area contributed by atoms with Crippen LogP contribution in [0.15, 0.2) is 54.7 Å². The third kappa shape index (κ3) is 3.55. The second-order valence-corrected chi connectivity index (χ2v) is 4.87. The summed E-state index contributed by atoms with van der Waals surface area (Å²) in [7, 11) is 0. The number of rotatable bonds is 5. The number of carboxylic acids is 1. The van der Waals surface area contributed by atoms with Crippen molar-refractivity contribution in [3.8, 4) is 17.4 Å². The molecule has 0 aliphatic carbocycles. The second-order valence-electron chi connectivity index (χ2n) is 4.87. The molecule has 6 heteroatoms. The number of hydrogen-bond acceptors (Lipinski definition) is 5. The highest BCUT2D eigenvalue weighted by atomic mass is 16.5. The number of para-hydroxylation sites is 2. The quantitative estimate of drug-likeness (QED) is 0.779. The Hall–Kier alpha value is -3.15. The fourth-order valence-electron chi connectivity index (χ4n) is 1.95. The number of fused-ring (bicyclic) bond motifs is 1. The number of ether oxygens (including phenoxy) is 2. The lowest BCUT2D eigenvalue weighted by Gasteiger charge is -2.11. The van der Waals surface area contributed by atoms with E-state index in [4.69, 9.17) is 14.6 Å². The summed E-state index contributed by atoms with van der Waals surface area (Å²) in [5, 5.41) is 8.81. The SMILES string of the molecule is C[C@@H](Oc1ccc(Oc2cnc3ccccc3n2)cc1)C(=O)O. The van der Waals surface area contributed by atoms with Gasteiger partial charge in [-0.3, -0.25) is 0 Å². The van der Waals surface area contributed by atoms with Crippen LogP contribution in [0.4, 0.5) is 0 Å². The Morgan fingerprint density at radius 2 is 1.70 bits per heavy atom. The number of hydrogen-bond donors (Lipinski definition) is 1. The molecule has 1 atom stereocenters. The first-order valence-electron chi connectivity index (χ1n) is 7.01. The number of nitrogens with zero attached hydrogens (tertiary/aromatic N) is 2. The number of carbonyl (C=O) groups is 1. The average Bonchev–Trinajstić information content (AvgIpc) is 2.56. The molecule has 0 aliphatic rings. The van der Waals surface area contributed by atoms with Gasteiger partial charge in [-0.05, 0) is 43.3 Å². The van der Waals surface area contributed by atoms with Crippen LogP contribution in [0.5, 0.6) is 17.4 Å². The van der Waals surface area contributed by atoms with Crippen molar-refractivity contribution in [2.24, 2.45) is 0 Å². The van der Waals surface area contributed by atoms with Crippen molar-refractivity contribution < 1.29 is 19.4 Å². The van der Waals surface area contributed by atoms with Crippen molar-refractivity contribution in [2.75, 3.05) is 0 Å². The van der Waals surface area contributed by atoms with Crippen molar-refractivity contribution in [1.29, 1.82) is 0 Å². The van der Waals surface area contributed by atoms with E-state index in [1.54, 1.807) is 30.5 Å². The van der Waals surface area contributed by atoms with Gasteiger partial charge in [0.25, 0.3) is 0 Å². The molecule has 116 valence electrons. The van der Waals surface area contributed by atoms with Crippen LogP contribution < -0.4 is 9.47 Å². The standard InChI is InChI=1S/C17H14N2O4/c1-11(17(20)21)22-12-6-8-13(9-7-12)23-16-10-18-14-4-2-3-5-15(14)19-16/h2-11H,1H3,(H,20,21)/t11-/m1/s1. The Morgan fingerprint density at radius 3 is 2.39 bits per heavy atom. The van der Waals surface area contributed by atoms with Gasteiger partial charge in [0.2, 0.25) is 5.88 Å². The third-order valence-electron chi connectivity index (χ3n) is 3.13. The molecule has 3 rings (SSSR count). The molecule has 6 nitrogen and oxygen atoms in total. The summed E-state index contributed by atoms with van der Waals surface area (Å²) in [4.78, 5) is 19.4. The molecule has 0 unspecified atom stereocenters. The molecule has 0 bridgehead atoms. The summed E-state index contributed by atoms with van der Waals surface area (Å²) >= 11 is 0. The lowest BCUT2D eigenvalue weighted by Crippen LogP contribution is -2.22. The minimum absolute atomic E-state index is 0.385. The zero-order chi connectivity index (χ0) is 16.2. The second kappa shape index (κ2) is 6.31. The van der Waals surface area contributed by atoms with Crippen LogP contribution in [0.3, 0.4) is 0 Å². The van der Waals surface area contributed by atoms with E-state index < -0.39 is 12.1 Å². The molecule has 1 aromatic heterocycles. The predicted octanol–water partition coefficient (Wildman–Crippen LogP) is 3.27. The van der Waals surface area contributed by atoms with Gasteiger partial charge in [0.1, 0.15) is 11.5 Å². The normalized spacial score (nSPS) is 11.9. The molecule has 0 radical (unpaired) electrons. The monoisotopic (exact) mass is 310 g/mol. The van der Waals surface area contributed by atoms with E-state index in [9.17, 15) is 4.79 Å². The smallest absolute Gasteiger partial charge is 0.344 e. The Kier molecular flexibility index (Phi) is 4.05. The Morgan fingerprint density at radius 1 is 1.04 bits per heavy atom. The zero-order valence-corrected chi connectivity index (χ0v) is 12.3. The van der Waals surface area contributed by atoms with Gasteiger partial charge in [-0.25, -0.2) is 14.8 Å². The van der Waals surface area contributed by atoms with Gasteiger partial charge in [0, 0.05) is 0 Å². The summed E-state index contributed by atoms with van der Waals surface area (Å²) in [5.74, 6) is 0.384. The van der Waals surface area contributed by atoms with E-state index in [1.807, 2.05) is 24.3 Å². The van der Waals surface area contributed by atoms with Crippen molar-refractivity contribution in [3.05, 3.63) is 54.7 Å². The summed E-state index contributed by atoms with van der Waals surface area (Å²) in [6.07, 6.45) is 0.646. The van der Waals surface area contributed by atoms with E-state index >= 15 is 0 Å². The number of aliphatic carboxylic acids is 1. The highest BCUT2D eigenvalue weighted by molar-refractivity contribution is 5.74. The van der Waals surface area contributed by atoms with E-state index in [0.29, 0.717) is 17.4 Å². The molecule has 23 heavy (non-hydrogen) atoms. The van der Waals surface area contributed by atoms with Crippen LogP contribution in [0.1, 0.15) is 6.92 Å². The zero-order valence-electron chi connectivity index (χ0n) is 12.3. The van der Waals surface area contributed by atoms with Crippen molar-refractivity contribution >= 4 is 17.0 Å². The fraction of sp³-hybridized carbons (Fsp3) is 0.118. The maximum absolute atomic E-state index is 10.8. The minimum Gasteiger partial charge on any atom is -0.479 e. The molecule has 3 aromatic rings. The molecule has 0 spiro atoms. The molecule has 0 aliphatic heterocycles. The van der Waals surface area contributed by atoms with Crippen molar-refractivity contribution in [2.45, 2.75) is 13.0 Å². The van der Waals surface area contributed by atoms with Gasteiger partial charge < -0.3 is 14.6 Å². The van der Waals surface area contributed by atoms with Gasteiger partial charge >= 0.3 is 5.97 Å². The Balaban J connectivity index is 1.73. The largest absolute Gasteiger partial charge is 0.479 e. The van der Waals surface area contributed by atoms with Gasteiger partial charge in [0.15, 0.2) is 6.10 Å². The summed E-state index contributed by atoms with van der Waals surface area (Å²) in [6, 6.07) is 14.2. The molecule has 2 aromatic carbocycles. The van der Waals surface area contributed by atoms with Gasteiger partial charge in [0.05, 0.1) is 17.2 Å². The minimum atomic E-state index is -1.02. The Labute approximate surface area is 132 Å². The number of aromatic nitrogens is 2. The molecule has 0 saturated heterocycles. The fourth-order valence-corrected chi connectivity index (χ4v) is 1.95. The predicted molar refractivity (Wildman–Crippen MR) is 83.8 cm³/mol. The maximum atomic E-state index is 10.8. The van der Waals surface area contributed by atoms with E-state index in [0.717, 1.165) is 11.0 Å². The van der Waals surface area contributed by atoms with Gasteiger partial charge in [-0.15, -0.1) is 0 Å². The van der Waals surface area contributed by atoms with E-state index in [-0.39, 0.29) is 0 Å². The van der Waals surface area contributed by atoms with Crippen molar-refractivity contribution in [3.63, 3.8) is 0 Å². The summed E-state index contributed by atoms with van der Waals surface area (Å²) < 4.78 is 10.9. The first kappa shape index (κ1) is 14.8. The third-order valence-corrected chi connectivity index (χ3v) is 3.13. The molecular formula is C17H14N2O4. The van der Waals surface area contributed by atoms with E-state index in [1.165, 1.54) is 6.92 Å². The highest BCUT2D eigenvalue weighted by Crippen LogP contribution is 2.23.